The van der Waals surface area contributed by atoms with Crippen molar-refractivity contribution in [1.82, 2.24) is 0 Å². The lowest BCUT2D eigenvalue weighted by Gasteiger charge is -2.28. The Hall–Kier alpha value is -1.95. The first-order valence-corrected chi connectivity index (χ1v) is 7.16. The van der Waals surface area contributed by atoms with Gasteiger partial charge in [-0.3, -0.25) is 4.99 Å². The molecule has 3 nitrogen and oxygen atoms in total. The van der Waals surface area contributed by atoms with Crippen LogP contribution >= 0.6 is 15.9 Å². The summed E-state index contributed by atoms with van der Waals surface area (Å²) in [5.41, 5.74) is 6.63. The molecule has 0 amide bonds. The number of benzene rings is 2. The monoisotopic (exact) mass is 351 g/mol. The van der Waals surface area contributed by atoms with Crippen LogP contribution in [-0.2, 0) is 0 Å². The molecule has 0 spiro atoms. The second kappa shape index (κ2) is 5.44. The average molecular weight is 352 g/mol. The number of anilines is 1. The van der Waals surface area contributed by atoms with Crippen LogP contribution in [0.5, 0.6) is 0 Å². The molecule has 1 unspecified atom stereocenters. The smallest absolute Gasteiger partial charge is 0.196 e. The molecule has 1 heterocycles. The number of hydrogen-bond acceptors (Lipinski definition) is 3. The minimum atomic E-state index is -0.595. The molecule has 0 saturated heterocycles. The molecule has 0 bridgehead atoms. The molecule has 108 valence electrons. The summed E-state index contributed by atoms with van der Waals surface area (Å²) in [6, 6.07) is 10.6. The van der Waals surface area contributed by atoms with Crippen molar-refractivity contribution >= 4 is 27.6 Å². The third kappa shape index (κ3) is 2.40. The van der Waals surface area contributed by atoms with E-state index >= 15 is 0 Å². The maximum Gasteiger partial charge on any atom is 0.196 e. The van der Waals surface area contributed by atoms with Crippen LogP contribution in [0.3, 0.4) is 0 Å². The normalized spacial score (nSPS) is 18.0. The van der Waals surface area contributed by atoms with Crippen LogP contribution in [0.15, 0.2) is 51.9 Å². The van der Waals surface area contributed by atoms with Gasteiger partial charge in [-0.1, -0.05) is 18.2 Å². The maximum atomic E-state index is 14.0. The SMILES string of the molecule is NC1=NCC(c2c(F)cccc2F)N1c1ccccc1Br. The predicted octanol–water partition coefficient (Wildman–Crippen LogP) is 3.60. The Bertz CT molecular complexity index is 698. The van der Waals surface area contributed by atoms with Crippen LogP contribution in [0.25, 0.3) is 0 Å². The molecule has 21 heavy (non-hydrogen) atoms. The topological polar surface area (TPSA) is 41.6 Å². The van der Waals surface area contributed by atoms with Crippen LogP contribution in [0.1, 0.15) is 11.6 Å². The highest BCUT2D eigenvalue weighted by molar-refractivity contribution is 9.10. The summed E-state index contributed by atoms with van der Waals surface area (Å²) in [7, 11) is 0. The summed E-state index contributed by atoms with van der Waals surface area (Å²) in [5, 5.41) is 0. The highest BCUT2D eigenvalue weighted by Crippen LogP contribution is 2.37. The van der Waals surface area contributed by atoms with Crippen molar-refractivity contribution in [3.8, 4) is 0 Å². The quantitative estimate of drug-likeness (QED) is 0.897. The van der Waals surface area contributed by atoms with E-state index in [1.807, 2.05) is 24.3 Å². The highest BCUT2D eigenvalue weighted by Gasteiger charge is 2.33. The average Bonchev–Trinajstić information content (AvgIpc) is 2.81. The van der Waals surface area contributed by atoms with Crippen LogP contribution in [0, 0.1) is 11.6 Å². The Balaban J connectivity index is 2.10. The number of aliphatic imine (C=N–C) groups is 1. The van der Waals surface area contributed by atoms with Crippen LogP contribution < -0.4 is 10.6 Å². The van der Waals surface area contributed by atoms with Gasteiger partial charge < -0.3 is 10.6 Å². The molecule has 0 radical (unpaired) electrons. The molecular weight excluding hydrogens is 340 g/mol. The zero-order valence-electron chi connectivity index (χ0n) is 10.9. The standard InChI is InChI=1S/C15H12BrF2N3/c16-9-4-1-2-7-12(9)21-13(8-20-15(21)19)14-10(17)5-3-6-11(14)18/h1-7,13H,8H2,(H2,19,20). The third-order valence-electron chi connectivity index (χ3n) is 3.43. The zero-order valence-corrected chi connectivity index (χ0v) is 12.5. The number of guanidine groups is 1. The molecule has 0 aliphatic carbocycles. The molecule has 2 N–H and O–H groups in total. The molecule has 1 aliphatic rings. The lowest BCUT2D eigenvalue weighted by molar-refractivity contribution is 0.533. The van der Waals surface area contributed by atoms with Crippen molar-refractivity contribution in [3.05, 3.63) is 64.1 Å². The Morgan fingerprint density at radius 2 is 1.76 bits per heavy atom. The zero-order chi connectivity index (χ0) is 15.0. The van der Waals surface area contributed by atoms with E-state index in [9.17, 15) is 8.78 Å². The molecule has 0 aromatic heterocycles. The van der Waals surface area contributed by atoms with Crippen molar-refractivity contribution in [2.75, 3.05) is 11.4 Å². The van der Waals surface area contributed by atoms with Gasteiger partial charge in [-0.05, 0) is 40.2 Å². The summed E-state index contributed by atoms with van der Waals surface area (Å²) < 4.78 is 28.9. The largest absolute Gasteiger partial charge is 0.369 e. The van der Waals surface area contributed by atoms with Crippen LogP contribution in [0.4, 0.5) is 14.5 Å². The van der Waals surface area contributed by atoms with Crippen molar-refractivity contribution < 1.29 is 8.78 Å². The van der Waals surface area contributed by atoms with E-state index in [2.05, 4.69) is 20.9 Å². The Morgan fingerprint density at radius 3 is 2.43 bits per heavy atom. The summed E-state index contributed by atoms with van der Waals surface area (Å²) in [6.45, 7) is 0.213. The van der Waals surface area contributed by atoms with E-state index in [0.717, 1.165) is 10.2 Å². The van der Waals surface area contributed by atoms with Gasteiger partial charge in [-0.15, -0.1) is 0 Å². The van der Waals surface area contributed by atoms with E-state index < -0.39 is 17.7 Å². The number of para-hydroxylation sites is 1. The Morgan fingerprint density at radius 1 is 1.10 bits per heavy atom. The van der Waals surface area contributed by atoms with Gasteiger partial charge in [0.1, 0.15) is 11.6 Å². The van der Waals surface area contributed by atoms with E-state index in [4.69, 9.17) is 5.73 Å². The first-order valence-electron chi connectivity index (χ1n) is 6.37. The fourth-order valence-electron chi connectivity index (χ4n) is 2.49. The van der Waals surface area contributed by atoms with Crippen LogP contribution in [0.2, 0.25) is 0 Å². The van der Waals surface area contributed by atoms with Crippen LogP contribution in [-0.4, -0.2) is 12.5 Å². The highest BCUT2D eigenvalue weighted by atomic mass is 79.9. The number of halogens is 3. The molecule has 2 aromatic rings. The molecule has 0 fully saturated rings. The van der Waals surface area contributed by atoms with Crippen molar-refractivity contribution in [2.45, 2.75) is 6.04 Å². The fourth-order valence-corrected chi connectivity index (χ4v) is 2.96. The predicted molar refractivity (Wildman–Crippen MR) is 82.2 cm³/mol. The van der Waals surface area contributed by atoms with E-state index in [1.54, 1.807) is 4.90 Å². The maximum absolute atomic E-state index is 14.0. The van der Waals surface area contributed by atoms with Crippen molar-refractivity contribution in [1.29, 1.82) is 0 Å². The first kappa shape index (κ1) is 14.0. The molecule has 2 aromatic carbocycles. The minimum Gasteiger partial charge on any atom is -0.369 e. The second-order valence-corrected chi connectivity index (χ2v) is 5.53. The number of nitrogens with two attached hydrogens (primary N) is 1. The van der Waals surface area contributed by atoms with E-state index in [0.29, 0.717) is 0 Å². The van der Waals surface area contributed by atoms with Gasteiger partial charge in [0, 0.05) is 10.0 Å². The summed E-state index contributed by atoms with van der Waals surface area (Å²) in [5.74, 6) is -0.946. The van der Waals surface area contributed by atoms with Crippen molar-refractivity contribution in [3.63, 3.8) is 0 Å². The summed E-state index contributed by atoms with van der Waals surface area (Å²) in [4.78, 5) is 5.79. The third-order valence-corrected chi connectivity index (χ3v) is 4.10. The van der Waals surface area contributed by atoms with Gasteiger partial charge in [0.15, 0.2) is 5.96 Å². The number of nitrogens with zero attached hydrogens (tertiary/aromatic N) is 2. The summed E-state index contributed by atoms with van der Waals surface area (Å²) >= 11 is 3.43. The van der Waals surface area contributed by atoms with Crippen molar-refractivity contribution in [2.24, 2.45) is 10.7 Å². The lowest BCUT2D eigenvalue weighted by Crippen LogP contribution is -2.37. The molecule has 0 saturated carbocycles. The van der Waals surface area contributed by atoms with Gasteiger partial charge in [0.05, 0.1) is 18.3 Å². The Kier molecular flexibility index (Phi) is 3.63. The molecule has 6 heteroatoms. The number of hydrogen-bond donors (Lipinski definition) is 1. The lowest BCUT2D eigenvalue weighted by atomic mass is 10.0. The molecule has 1 atom stereocenters. The first-order chi connectivity index (χ1) is 10.1. The van der Waals surface area contributed by atoms with Gasteiger partial charge in [-0.2, -0.15) is 0 Å². The summed E-state index contributed by atoms with van der Waals surface area (Å²) in [6.07, 6.45) is 0. The fraction of sp³-hybridized carbons (Fsp3) is 0.133. The van der Waals surface area contributed by atoms with Gasteiger partial charge in [-0.25, -0.2) is 8.78 Å². The minimum absolute atomic E-state index is 0.0162. The van der Waals surface area contributed by atoms with E-state index in [1.165, 1.54) is 18.2 Å². The molecule has 1 aliphatic heterocycles. The van der Waals surface area contributed by atoms with Gasteiger partial charge in [0.2, 0.25) is 0 Å². The molecular formula is C15H12BrF2N3. The molecule has 3 rings (SSSR count). The second-order valence-electron chi connectivity index (χ2n) is 4.67. The van der Waals surface area contributed by atoms with E-state index in [-0.39, 0.29) is 18.1 Å². The van der Waals surface area contributed by atoms with Gasteiger partial charge in [0.25, 0.3) is 0 Å². The number of rotatable bonds is 2. The Labute approximate surface area is 129 Å². The van der Waals surface area contributed by atoms with Gasteiger partial charge >= 0.3 is 0 Å².